The van der Waals surface area contributed by atoms with Gasteiger partial charge in [-0.3, -0.25) is 0 Å². The third-order valence-corrected chi connectivity index (χ3v) is 2.80. The fourth-order valence-corrected chi connectivity index (χ4v) is 2.04. The molecule has 1 amide bonds. The minimum absolute atomic E-state index is 0.0974. The summed E-state index contributed by atoms with van der Waals surface area (Å²) in [5.41, 5.74) is -0.505. The SMILES string of the molecule is C=C[C@@H](C=O)[C@@H]1CCCN1C(=O)OC(C)(C)C. The van der Waals surface area contributed by atoms with E-state index in [0.717, 1.165) is 19.1 Å². The van der Waals surface area contributed by atoms with Crippen molar-refractivity contribution in [1.29, 1.82) is 0 Å². The Morgan fingerprint density at radius 3 is 2.65 bits per heavy atom. The molecule has 0 aromatic rings. The molecule has 4 heteroatoms. The summed E-state index contributed by atoms with van der Waals surface area (Å²) in [6, 6.07) is -0.0974. The number of aldehydes is 1. The number of likely N-dealkylation sites (tertiary alicyclic amines) is 1. The Bertz CT molecular complexity index is 298. The molecule has 17 heavy (non-hydrogen) atoms. The summed E-state index contributed by atoms with van der Waals surface area (Å²) in [4.78, 5) is 24.5. The summed E-state index contributed by atoms with van der Waals surface area (Å²) in [5.74, 6) is -0.301. The normalized spacial score (nSPS) is 22.1. The smallest absolute Gasteiger partial charge is 0.410 e. The van der Waals surface area contributed by atoms with Crippen molar-refractivity contribution >= 4 is 12.4 Å². The van der Waals surface area contributed by atoms with Gasteiger partial charge in [-0.2, -0.15) is 0 Å². The third-order valence-electron chi connectivity index (χ3n) is 2.80. The molecule has 2 atom stereocenters. The zero-order chi connectivity index (χ0) is 13.1. The van der Waals surface area contributed by atoms with Crippen LogP contribution in [0.4, 0.5) is 4.79 Å². The van der Waals surface area contributed by atoms with Gasteiger partial charge in [-0.15, -0.1) is 6.58 Å². The Hall–Kier alpha value is -1.32. The molecule has 96 valence electrons. The second-order valence-electron chi connectivity index (χ2n) is 5.33. The van der Waals surface area contributed by atoms with Gasteiger partial charge >= 0.3 is 6.09 Å². The minimum atomic E-state index is -0.505. The number of rotatable bonds is 3. The molecule has 0 spiro atoms. The molecule has 1 aliphatic rings. The summed E-state index contributed by atoms with van der Waals surface area (Å²) in [5, 5.41) is 0. The standard InChI is InChI=1S/C13H21NO3/c1-5-10(9-15)11-7-6-8-14(11)12(16)17-13(2,3)4/h5,9-11H,1,6-8H2,2-4H3/t10-,11-/m0/s1. The Morgan fingerprint density at radius 1 is 1.53 bits per heavy atom. The van der Waals surface area contributed by atoms with Crippen molar-refractivity contribution in [3.8, 4) is 0 Å². The predicted octanol–water partition coefficient (Wildman–Crippen LogP) is 2.39. The topological polar surface area (TPSA) is 46.6 Å². The zero-order valence-electron chi connectivity index (χ0n) is 10.8. The van der Waals surface area contributed by atoms with Crippen LogP contribution in [0.1, 0.15) is 33.6 Å². The lowest BCUT2D eigenvalue weighted by molar-refractivity contribution is -0.111. The lowest BCUT2D eigenvalue weighted by Gasteiger charge is -2.30. The molecule has 0 aliphatic carbocycles. The molecule has 1 fully saturated rings. The van der Waals surface area contributed by atoms with Gasteiger partial charge in [0.05, 0.1) is 5.92 Å². The van der Waals surface area contributed by atoms with E-state index in [0.29, 0.717) is 6.54 Å². The van der Waals surface area contributed by atoms with Crippen molar-refractivity contribution in [1.82, 2.24) is 4.90 Å². The van der Waals surface area contributed by atoms with Gasteiger partial charge in [-0.1, -0.05) is 6.08 Å². The maximum absolute atomic E-state index is 12.0. The highest BCUT2D eigenvalue weighted by Gasteiger charge is 2.35. The molecule has 0 bridgehead atoms. The maximum atomic E-state index is 12.0. The average molecular weight is 239 g/mol. The third kappa shape index (κ3) is 3.58. The molecule has 0 radical (unpaired) electrons. The van der Waals surface area contributed by atoms with Crippen molar-refractivity contribution in [3.63, 3.8) is 0 Å². The summed E-state index contributed by atoms with van der Waals surface area (Å²) >= 11 is 0. The molecular formula is C13H21NO3. The maximum Gasteiger partial charge on any atom is 0.410 e. The highest BCUT2D eigenvalue weighted by molar-refractivity contribution is 5.70. The van der Waals surface area contributed by atoms with Gasteiger partial charge in [0.1, 0.15) is 11.9 Å². The zero-order valence-corrected chi connectivity index (χ0v) is 10.8. The van der Waals surface area contributed by atoms with Crippen LogP contribution in [-0.4, -0.2) is 35.5 Å². The van der Waals surface area contributed by atoms with E-state index in [9.17, 15) is 9.59 Å². The number of amides is 1. The molecule has 0 N–H and O–H groups in total. The van der Waals surface area contributed by atoms with Crippen LogP contribution >= 0.6 is 0 Å². The number of hydrogen-bond acceptors (Lipinski definition) is 3. The summed E-state index contributed by atoms with van der Waals surface area (Å²) < 4.78 is 5.33. The Morgan fingerprint density at radius 2 is 2.18 bits per heavy atom. The van der Waals surface area contributed by atoms with Gasteiger partial charge < -0.3 is 14.4 Å². The number of carbonyl (C=O) groups excluding carboxylic acids is 2. The largest absolute Gasteiger partial charge is 0.444 e. The lowest BCUT2D eigenvalue weighted by atomic mass is 9.99. The lowest BCUT2D eigenvalue weighted by Crippen LogP contribution is -2.43. The van der Waals surface area contributed by atoms with Gasteiger partial charge in [0, 0.05) is 12.6 Å². The number of nitrogens with zero attached hydrogens (tertiary/aromatic N) is 1. The fourth-order valence-electron chi connectivity index (χ4n) is 2.04. The van der Waals surface area contributed by atoms with Crippen LogP contribution in [0.25, 0.3) is 0 Å². The second-order valence-corrected chi connectivity index (χ2v) is 5.33. The minimum Gasteiger partial charge on any atom is -0.444 e. The van der Waals surface area contributed by atoms with E-state index in [2.05, 4.69) is 6.58 Å². The monoisotopic (exact) mass is 239 g/mol. The molecule has 0 unspecified atom stereocenters. The molecule has 0 aromatic heterocycles. The van der Waals surface area contributed by atoms with Gasteiger partial charge in [0.15, 0.2) is 0 Å². The Kier molecular flexibility index (Phi) is 4.32. The van der Waals surface area contributed by atoms with E-state index in [4.69, 9.17) is 4.74 Å². The van der Waals surface area contributed by atoms with Crippen molar-refractivity contribution in [3.05, 3.63) is 12.7 Å². The molecule has 4 nitrogen and oxygen atoms in total. The van der Waals surface area contributed by atoms with Crippen molar-refractivity contribution in [2.45, 2.75) is 45.3 Å². The van der Waals surface area contributed by atoms with E-state index in [1.165, 1.54) is 0 Å². The van der Waals surface area contributed by atoms with Crippen molar-refractivity contribution < 1.29 is 14.3 Å². The van der Waals surface area contributed by atoms with Crippen LogP contribution in [0.15, 0.2) is 12.7 Å². The molecule has 0 aromatic carbocycles. The second kappa shape index (κ2) is 5.34. The summed E-state index contributed by atoms with van der Waals surface area (Å²) in [6.07, 6.45) is 3.84. The predicted molar refractivity (Wildman–Crippen MR) is 65.7 cm³/mol. The van der Waals surface area contributed by atoms with E-state index < -0.39 is 5.60 Å². The first-order valence-electron chi connectivity index (χ1n) is 5.96. The first kappa shape index (κ1) is 13.7. The first-order chi connectivity index (χ1) is 7.89. The van der Waals surface area contributed by atoms with Crippen molar-refractivity contribution in [2.75, 3.05) is 6.54 Å². The highest BCUT2D eigenvalue weighted by atomic mass is 16.6. The first-order valence-corrected chi connectivity index (χ1v) is 5.96. The summed E-state index contributed by atoms with van der Waals surface area (Å²) in [6.45, 7) is 9.79. The van der Waals surface area contributed by atoms with E-state index in [-0.39, 0.29) is 18.1 Å². The molecule has 1 saturated heterocycles. The number of hydrogen-bond donors (Lipinski definition) is 0. The molecule has 0 saturated carbocycles. The quantitative estimate of drug-likeness (QED) is 0.561. The molecule has 1 aliphatic heterocycles. The van der Waals surface area contributed by atoms with Crippen LogP contribution < -0.4 is 0 Å². The van der Waals surface area contributed by atoms with Gasteiger partial charge in [-0.05, 0) is 33.6 Å². The van der Waals surface area contributed by atoms with Crippen LogP contribution in [0, 0.1) is 5.92 Å². The van der Waals surface area contributed by atoms with Gasteiger partial charge in [0.2, 0.25) is 0 Å². The van der Waals surface area contributed by atoms with Crippen LogP contribution in [0.5, 0.6) is 0 Å². The molecule has 1 rings (SSSR count). The van der Waals surface area contributed by atoms with Gasteiger partial charge in [-0.25, -0.2) is 4.79 Å². The fraction of sp³-hybridized carbons (Fsp3) is 0.692. The number of carbonyl (C=O) groups is 2. The van der Waals surface area contributed by atoms with Crippen LogP contribution in [-0.2, 0) is 9.53 Å². The molecule has 1 heterocycles. The van der Waals surface area contributed by atoms with Crippen LogP contribution in [0.2, 0.25) is 0 Å². The average Bonchev–Trinajstić information content (AvgIpc) is 2.66. The van der Waals surface area contributed by atoms with Crippen LogP contribution in [0.3, 0.4) is 0 Å². The molecular weight excluding hydrogens is 218 g/mol. The Labute approximate surface area is 103 Å². The van der Waals surface area contributed by atoms with E-state index in [1.54, 1.807) is 11.0 Å². The van der Waals surface area contributed by atoms with Gasteiger partial charge in [0.25, 0.3) is 0 Å². The van der Waals surface area contributed by atoms with E-state index in [1.807, 2.05) is 20.8 Å². The highest BCUT2D eigenvalue weighted by Crippen LogP contribution is 2.25. The summed E-state index contributed by atoms with van der Waals surface area (Å²) in [7, 11) is 0. The van der Waals surface area contributed by atoms with Crippen molar-refractivity contribution in [2.24, 2.45) is 5.92 Å². The Balaban J connectivity index is 2.72. The number of ether oxygens (including phenoxy) is 1. The van der Waals surface area contributed by atoms with E-state index >= 15 is 0 Å².